The number of nitrogens with zero attached hydrogens (tertiary/aromatic N) is 1. The Hall–Kier alpha value is -1.17. The number of aromatic nitrogens is 1. The summed E-state index contributed by atoms with van der Waals surface area (Å²) in [5.41, 5.74) is 4.53. The van der Waals surface area contributed by atoms with Gasteiger partial charge in [0.2, 0.25) is 0 Å². The van der Waals surface area contributed by atoms with Crippen molar-refractivity contribution in [3.63, 3.8) is 0 Å². The minimum Gasteiger partial charge on any atom is -0.332 e. The van der Waals surface area contributed by atoms with Crippen molar-refractivity contribution < 1.29 is 0 Å². The molecule has 18 heavy (non-hydrogen) atoms. The Morgan fingerprint density at radius 1 is 1.44 bits per heavy atom. The lowest BCUT2D eigenvalue weighted by Gasteiger charge is -2.01. The van der Waals surface area contributed by atoms with Crippen LogP contribution in [0.1, 0.15) is 16.0 Å². The van der Waals surface area contributed by atoms with Gasteiger partial charge in [0.05, 0.1) is 15.6 Å². The van der Waals surface area contributed by atoms with E-state index in [1.165, 1.54) is 22.5 Å². The first-order valence-corrected chi connectivity index (χ1v) is 7.10. The number of fused-ring (bicyclic) bond motifs is 1. The van der Waals surface area contributed by atoms with Gasteiger partial charge in [-0.2, -0.15) is 0 Å². The Kier molecular flexibility index (Phi) is 2.97. The number of hydrogen-bond donors (Lipinski definition) is 2. The van der Waals surface area contributed by atoms with Crippen LogP contribution in [-0.4, -0.2) is 11.2 Å². The zero-order valence-corrected chi connectivity index (χ0v) is 12.1. The molecule has 0 spiro atoms. The first-order valence-electron chi connectivity index (χ1n) is 5.43. The van der Waals surface area contributed by atoms with Crippen LogP contribution in [0.25, 0.3) is 11.6 Å². The molecule has 0 bridgehead atoms. The second-order valence-corrected chi connectivity index (χ2v) is 6.22. The van der Waals surface area contributed by atoms with Crippen LogP contribution in [0.4, 0.5) is 5.69 Å². The molecule has 1 aliphatic heterocycles. The van der Waals surface area contributed by atoms with Crippen molar-refractivity contribution in [2.45, 2.75) is 11.9 Å². The molecule has 1 aromatic heterocycles. The molecule has 1 aromatic carbocycles. The van der Waals surface area contributed by atoms with Gasteiger partial charge in [0.1, 0.15) is 0 Å². The smallest absolute Gasteiger partial charge is 0.159 e. The maximum absolute atomic E-state index is 5.11. The number of hydrogen-bond acceptors (Lipinski definition) is 4. The van der Waals surface area contributed by atoms with Crippen LogP contribution in [-0.2, 0) is 0 Å². The van der Waals surface area contributed by atoms with Crippen LogP contribution < -0.4 is 0 Å². The monoisotopic (exact) mass is 290 g/mol. The zero-order valence-electron chi connectivity index (χ0n) is 9.60. The van der Waals surface area contributed by atoms with Crippen molar-refractivity contribution >= 4 is 59.7 Å². The Morgan fingerprint density at radius 3 is 3.00 bits per heavy atom. The number of rotatable bonds is 1. The van der Waals surface area contributed by atoms with E-state index in [-0.39, 0.29) is 0 Å². The second kappa shape index (κ2) is 4.50. The highest BCUT2D eigenvalue weighted by Crippen LogP contribution is 2.36. The molecule has 1 aliphatic rings. The van der Waals surface area contributed by atoms with E-state index < -0.39 is 0 Å². The molecule has 0 aliphatic carbocycles. The highest BCUT2D eigenvalue weighted by Gasteiger charge is 2.14. The van der Waals surface area contributed by atoms with E-state index in [2.05, 4.69) is 53.8 Å². The molecule has 2 aromatic rings. The summed E-state index contributed by atoms with van der Waals surface area (Å²) < 4.78 is 0.742. The number of H-pyrrole nitrogens is 1. The summed E-state index contributed by atoms with van der Waals surface area (Å²) in [6.07, 6.45) is 3.97. The maximum Gasteiger partial charge on any atom is 0.159 e. The number of para-hydroxylation sites is 1. The molecule has 0 saturated heterocycles. The van der Waals surface area contributed by atoms with Gasteiger partial charge >= 0.3 is 0 Å². The zero-order chi connectivity index (χ0) is 12.7. The Balaban J connectivity index is 2.13. The van der Waals surface area contributed by atoms with Crippen molar-refractivity contribution in [2.75, 3.05) is 0 Å². The molecule has 1 N–H and O–H groups in total. The van der Waals surface area contributed by atoms with E-state index in [9.17, 15) is 0 Å². The van der Waals surface area contributed by atoms with Gasteiger partial charge in [0.15, 0.2) is 3.95 Å². The van der Waals surface area contributed by atoms with Gasteiger partial charge in [0, 0.05) is 17.4 Å². The van der Waals surface area contributed by atoms with Crippen LogP contribution in [0.5, 0.6) is 0 Å². The molecule has 3 rings (SSSR count). The van der Waals surface area contributed by atoms with E-state index >= 15 is 0 Å². The Bertz CT molecular complexity index is 735. The first kappa shape index (κ1) is 11.9. The minimum atomic E-state index is 0.742. The summed E-state index contributed by atoms with van der Waals surface area (Å²) in [4.78, 5) is 8.53. The predicted molar refractivity (Wildman–Crippen MR) is 84.0 cm³/mol. The number of aryl methyl sites for hydroxylation is 1. The summed E-state index contributed by atoms with van der Waals surface area (Å²) in [5.74, 6) is 0. The molecule has 2 nitrogen and oxygen atoms in total. The predicted octanol–water partition coefficient (Wildman–Crippen LogP) is 4.66. The molecule has 2 heterocycles. The summed E-state index contributed by atoms with van der Waals surface area (Å²) in [5, 5.41) is 0.812. The summed E-state index contributed by atoms with van der Waals surface area (Å²) in [7, 11) is 0. The molecule has 0 amide bonds. The minimum absolute atomic E-state index is 0.742. The van der Waals surface area contributed by atoms with Crippen LogP contribution in [0.3, 0.4) is 0 Å². The number of allylic oxidation sites excluding steroid dienone is 1. The van der Waals surface area contributed by atoms with Crippen LogP contribution >= 0.6 is 36.2 Å². The van der Waals surface area contributed by atoms with Crippen molar-refractivity contribution in [3.05, 3.63) is 38.2 Å². The van der Waals surface area contributed by atoms with Gasteiger partial charge in [-0.05, 0) is 30.8 Å². The summed E-state index contributed by atoms with van der Waals surface area (Å²) in [6, 6.07) is 6.21. The molecule has 0 atom stereocenters. The highest BCUT2D eigenvalue weighted by atomic mass is 32.1. The Labute approximate surface area is 120 Å². The van der Waals surface area contributed by atoms with Gasteiger partial charge in [-0.1, -0.05) is 18.2 Å². The van der Waals surface area contributed by atoms with Crippen molar-refractivity contribution in [3.8, 4) is 0 Å². The summed E-state index contributed by atoms with van der Waals surface area (Å²) >= 11 is 11.0. The van der Waals surface area contributed by atoms with E-state index in [1.54, 1.807) is 0 Å². The van der Waals surface area contributed by atoms with Gasteiger partial charge in [-0.25, -0.2) is 0 Å². The van der Waals surface area contributed by atoms with Crippen molar-refractivity contribution in [1.82, 2.24) is 4.98 Å². The lowest BCUT2D eigenvalue weighted by molar-refractivity contribution is 1.19. The Morgan fingerprint density at radius 2 is 2.28 bits per heavy atom. The van der Waals surface area contributed by atoms with E-state index in [0.29, 0.717) is 0 Å². The molecule has 0 radical (unpaired) electrons. The van der Waals surface area contributed by atoms with Crippen LogP contribution in [0.15, 0.2) is 28.2 Å². The van der Waals surface area contributed by atoms with Gasteiger partial charge in [-0.3, -0.25) is 4.99 Å². The number of nitrogens with one attached hydrogen (secondary N) is 1. The van der Waals surface area contributed by atoms with Crippen molar-refractivity contribution in [2.24, 2.45) is 4.99 Å². The fraction of sp³-hybridized carbons (Fsp3) is 0.0769. The topological polar surface area (TPSA) is 28.1 Å². The van der Waals surface area contributed by atoms with Gasteiger partial charge in [0.25, 0.3) is 0 Å². The number of aliphatic imine (C=N–C) groups is 1. The fourth-order valence-corrected chi connectivity index (χ4v) is 3.48. The standard InChI is InChI=1S/C13H10N2S3/c1-7-3-2-4-9-8(6-14-11(7)9)5-10-12(16)15-13(17)18-10/h2-6,16H,1H3,(H,15,17). The third-order valence-corrected chi connectivity index (χ3v) is 4.51. The van der Waals surface area contributed by atoms with Crippen molar-refractivity contribution in [1.29, 1.82) is 0 Å². The number of thiazole rings is 1. The summed E-state index contributed by atoms with van der Waals surface area (Å²) in [6.45, 7) is 2.07. The third-order valence-electron chi connectivity index (χ3n) is 2.82. The number of benzene rings is 1. The van der Waals surface area contributed by atoms with E-state index in [1.807, 2.05) is 6.21 Å². The SMILES string of the molecule is Cc1cccc2c1N=CC2=Cc1sc(=S)[nH]c1S. The van der Waals surface area contributed by atoms with Gasteiger partial charge in [-0.15, -0.1) is 24.0 Å². The molecule has 5 heteroatoms. The van der Waals surface area contributed by atoms with Crippen LogP contribution in [0, 0.1) is 10.9 Å². The molecule has 0 fully saturated rings. The molecular formula is C13H10N2S3. The average Bonchev–Trinajstić information content (AvgIpc) is 2.86. The first-order chi connectivity index (χ1) is 8.65. The highest BCUT2D eigenvalue weighted by molar-refractivity contribution is 7.80. The molecule has 0 unspecified atom stereocenters. The molecule has 90 valence electrons. The van der Waals surface area contributed by atoms with Gasteiger partial charge < -0.3 is 4.98 Å². The fourth-order valence-electron chi connectivity index (χ4n) is 1.95. The maximum atomic E-state index is 5.11. The number of thiol groups is 1. The quantitative estimate of drug-likeness (QED) is 0.580. The number of aromatic amines is 1. The largest absolute Gasteiger partial charge is 0.332 e. The molecule has 0 saturated carbocycles. The normalized spacial score (nSPS) is 15.3. The lowest BCUT2D eigenvalue weighted by atomic mass is 10.0. The molecular weight excluding hydrogens is 280 g/mol. The lowest BCUT2D eigenvalue weighted by Crippen LogP contribution is -1.81. The third kappa shape index (κ3) is 1.98. The second-order valence-electron chi connectivity index (χ2n) is 4.06. The average molecular weight is 290 g/mol. The van der Waals surface area contributed by atoms with E-state index in [4.69, 9.17) is 12.2 Å². The van der Waals surface area contributed by atoms with Crippen LogP contribution in [0.2, 0.25) is 0 Å². The van der Waals surface area contributed by atoms with E-state index in [0.717, 1.165) is 25.1 Å².